The average molecular weight is 262 g/mol. The predicted molar refractivity (Wildman–Crippen MR) is 75.5 cm³/mol. The summed E-state index contributed by atoms with van der Waals surface area (Å²) in [4.78, 5) is 2.12. The maximum absolute atomic E-state index is 5.32. The number of ether oxygens (including phenoxy) is 2. The lowest BCUT2D eigenvalue weighted by atomic mass is 10.4. The summed E-state index contributed by atoms with van der Waals surface area (Å²) in [5, 5.41) is 4.05. The van der Waals surface area contributed by atoms with Crippen LogP contribution in [-0.4, -0.2) is 56.1 Å². The molecule has 0 spiro atoms. The third-order valence-corrected chi connectivity index (χ3v) is 2.73. The molecule has 17 heavy (non-hydrogen) atoms. The Bertz CT molecular complexity index is 191. The molecule has 0 aliphatic rings. The van der Waals surface area contributed by atoms with Gasteiger partial charge < -0.3 is 19.7 Å². The Hall–Kier alpha value is -0.390. The molecule has 0 aromatic rings. The van der Waals surface area contributed by atoms with Crippen molar-refractivity contribution < 1.29 is 9.47 Å². The van der Waals surface area contributed by atoms with E-state index >= 15 is 0 Å². The molecule has 0 aliphatic carbocycles. The first-order chi connectivity index (χ1) is 8.26. The Balaban J connectivity index is 3.61. The average Bonchev–Trinajstić information content (AvgIpc) is 2.34. The van der Waals surface area contributed by atoms with E-state index in [0.717, 1.165) is 57.6 Å². The maximum Gasteiger partial charge on any atom is 0.169 e. The van der Waals surface area contributed by atoms with Gasteiger partial charge in [0.1, 0.15) is 0 Å². The molecule has 0 fully saturated rings. The Labute approximate surface area is 111 Å². The highest BCUT2D eigenvalue weighted by Gasteiger charge is 2.05. The van der Waals surface area contributed by atoms with E-state index in [0.29, 0.717) is 0 Å². The third kappa shape index (κ3) is 9.32. The van der Waals surface area contributed by atoms with Crippen LogP contribution in [-0.2, 0) is 9.47 Å². The van der Waals surface area contributed by atoms with Gasteiger partial charge in [-0.1, -0.05) is 0 Å². The number of hydrogen-bond donors (Lipinski definition) is 1. The standard InChI is InChI=1S/C12H26N2O2S/c1-4-14(9-11-16-6-3)12(17)13-8-7-10-15-5-2/h4-11H2,1-3H3,(H,13,17). The Morgan fingerprint density at radius 2 is 1.76 bits per heavy atom. The molecule has 0 atom stereocenters. The fraction of sp³-hybridized carbons (Fsp3) is 0.917. The van der Waals surface area contributed by atoms with Gasteiger partial charge >= 0.3 is 0 Å². The van der Waals surface area contributed by atoms with Crippen LogP contribution in [0.15, 0.2) is 0 Å². The van der Waals surface area contributed by atoms with Crippen LogP contribution in [0.1, 0.15) is 27.2 Å². The Kier molecular flexibility index (Phi) is 11.8. The second kappa shape index (κ2) is 12.1. The van der Waals surface area contributed by atoms with Crippen molar-refractivity contribution in [1.82, 2.24) is 10.2 Å². The minimum absolute atomic E-state index is 0.727. The van der Waals surface area contributed by atoms with Crippen LogP contribution in [0.25, 0.3) is 0 Å². The molecule has 0 radical (unpaired) electrons. The summed E-state index contributed by atoms with van der Waals surface area (Å²) in [5.41, 5.74) is 0. The second-order valence-electron chi connectivity index (χ2n) is 3.56. The summed E-state index contributed by atoms with van der Waals surface area (Å²) < 4.78 is 10.6. The number of thiocarbonyl (C=S) groups is 1. The van der Waals surface area contributed by atoms with Crippen molar-refractivity contribution in [3.8, 4) is 0 Å². The van der Waals surface area contributed by atoms with Crippen LogP contribution in [0.5, 0.6) is 0 Å². The van der Waals surface area contributed by atoms with Gasteiger partial charge in [0.15, 0.2) is 5.11 Å². The van der Waals surface area contributed by atoms with Crippen molar-refractivity contribution in [3.05, 3.63) is 0 Å². The molecule has 5 heteroatoms. The van der Waals surface area contributed by atoms with E-state index in [-0.39, 0.29) is 0 Å². The van der Waals surface area contributed by atoms with Gasteiger partial charge in [0.25, 0.3) is 0 Å². The zero-order valence-electron chi connectivity index (χ0n) is 11.3. The van der Waals surface area contributed by atoms with Gasteiger partial charge in [0.05, 0.1) is 6.61 Å². The highest BCUT2D eigenvalue weighted by Crippen LogP contribution is 1.91. The van der Waals surface area contributed by atoms with Crippen LogP contribution in [0.3, 0.4) is 0 Å². The summed E-state index contributed by atoms with van der Waals surface area (Å²) in [6.45, 7) is 11.8. The third-order valence-electron chi connectivity index (χ3n) is 2.32. The molecule has 0 rings (SSSR count). The normalized spacial score (nSPS) is 10.3. The minimum Gasteiger partial charge on any atom is -0.382 e. The SMILES string of the molecule is CCOCCCNC(=S)N(CC)CCOCC. The summed E-state index contributed by atoms with van der Waals surface area (Å²) in [7, 11) is 0. The summed E-state index contributed by atoms with van der Waals surface area (Å²) in [6, 6.07) is 0. The van der Waals surface area contributed by atoms with E-state index < -0.39 is 0 Å². The molecule has 0 unspecified atom stereocenters. The second-order valence-corrected chi connectivity index (χ2v) is 3.95. The van der Waals surface area contributed by atoms with Gasteiger partial charge in [-0.2, -0.15) is 0 Å². The van der Waals surface area contributed by atoms with Crippen LogP contribution in [0, 0.1) is 0 Å². The number of hydrogen-bond acceptors (Lipinski definition) is 3. The molecule has 0 saturated carbocycles. The van der Waals surface area contributed by atoms with Gasteiger partial charge in [0, 0.05) is 39.5 Å². The first-order valence-corrected chi connectivity index (χ1v) is 6.85. The highest BCUT2D eigenvalue weighted by molar-refractivity contribution is 7.80. The summed E-state index contributed by atoms with van der Waals surface area (Å²) in [6.07, 6.45) is 0.983. The van der Waals surface area contributed by atoms with Crippen molar-refractivity contribution in [1.29, 1.82) is 0 Å². The van der Waals surface area contributed by atoms with Crippen LogP contribution in [0.2, 0.25) is 0 Å². The van der Waals surface area contributed by atoms with E-state index in [1.165, 1.54) is 0 Å². The van der Waals surface area contributed by atoms with Gasteiger partial charge in [-0.3, -0.25) is 0 Å². The lowest BCUT2D eigenvalue weighted by Gasteiger charge is -2.24. The van der Waals surface area contributed by atoms with Gasteiger partial charge in [-0.25, -0.2) is 0 Å². The Morgan fingerprint density at radius 1 is 1.12 bits per heavy atom. The van der Waals surface area contributed by atoms with E-state index in [1.54, 1.807) is 0 Å². The van der Waals surface area contributed by atoms with Gasteiger partial charge in [-0.05, 0) is 39.4 Å². The maximum atomic E-state index is 5.32. The van der Waals surface area contributed by atoms with Gasteiger partial charge in [0.2, 0.25) is 0 Å². The van der Waals surface area contributed by atoms with Crippen molar-refractivity contribution >= 4 is 17.3 Å². The summed E-state index contributed by atoms with van der Waals surface area (Å²) in [5.74, 6) is 0. The lowest BCUT2D eigenvalue weighted by molar-refractivity contribution is 0.132. The molecule has 0 bridgehead atoms. The molecule has 102 valence electrons. The first kappa shape index (κ1) is 16.6. The van der Waals surface area contributed by atoms with Crippen LogP contribution in [0.4, 0.5) is 0 Å². The fourth-order valence-electron chi connectivity index (χ4n) is 1.35. The highest BCUT2D eigenvalue weighted by atomic mass is 32.1. The largest absolute Gasteiger partial charge is 0.382 e. The molecular formula is C12H26N2O2S. The number of nitrogens with one attached hydrogen (secondary N) is 1. The molecule has 0 aliphatic heterocycles. The van der Waals surface area contributed by atoms with Crippen molar-refractivity contribution in [3.63, 3.8) is 0 Å². The number of rotatable bonds is 10. The Morgan fingerprint density at radius 3 is 2.35 bits per heavy atom. The van der Waals surface area contributed by atoms with Crippen LogP contribution >= 0.6 is 12.2 Å². The van der Waals surface area contributed by atoms with Crippen molar-refractivity contribution in [2.75, 3.05) is 46.1 Å². The fourth-order valence-corrected chi connectivity index (χ4v) is 1.67. The molecule has 0 aromatic heterocycles. The van der Waals surface area contributed by atoms with Crippen molar-refractivity contribution in [2.45, 2.75) is 27.2 Å². The minimum atomic E-state index is 0.727. The molecule has 0 saturated heterocycles. The number of nitrogens with zero attached hydrogens (tertiary/aromatic N) is 1. The van der Waals surface area contributed by atoms with E-state index in [1.807, 2.05) is 13.8 Å². The molecule has 4 nitrogen and oxygen atoms in total. The molecule has 1 N–H and O–H groups in total. The lowest BCUT2D eigenvalue weighted by Crippen LogP contribution is -2.41. The van der Waals surface area contributed by atoms with Crippen molar-refractivity contribution in [2.24, 2.45) is 0 Å². The van der Waals surface area contributed by atoms with Crippen LogP contribution < -0.4 is 5.32 Å². The summed E-state index contributed by atoms with van der Waals surface area (Å²) >= 11 is 5.32. The molecule has 0 aromatic carbocycles. The monoisotopic (exact) mass is 262 g/mol. The smallest absolute Gasteiger partial charge is 0.169 e. The first-order valence-electron chi connectivity index (χ1n) is 6.44. The zero-order valence-corrected chi connectivity index (χ0v) is 12.1. The van der Waals surface area contributed by atoms with E-state index in [4.69, 9.17) is 21.7 Å². The zero-order chi connectivity index (χ0) is 12.9. The number of likely N-dealkylation sites (N-methyl/N-ethyl adjacent to an activating group) is 1. The topological polar surface area (TPSA) is 33.7 Å². The molecular weight excluding hydrogens is 236 g/mol. The molecule has 0 heterocycles. The van der Waals surface area contributed by atoms with E-state index in [9.17, 15) is 0 Å². The van der Waals surface area contributed by atoms with Gasteiger partial charge in [-0.15, -0.1) is 0 Å². The predicted octanol–water partition coefficient (Wildman–Crippen LogP) is 1.65. The quantitative estimate of drug-likeness (QED) is 0.478. The van der Waals surface area contributed by atoms with E-state index in [2.05, 4.69) is 17.1 Å². The molecule has 0 amide bonds.